The molecule has 7 heteroatoms. The van der Waals surface area contributed by atoms with Gasteiger partial charge in [0.1, 0.15) is 18.0 Å². The molecular weight excluding hydrogens is 382 g/mol. The van der Waals surface area contributed by atoms with E-state index in [1.165, 1.54) is 7.11 Å². The zero-order chi connectivity index (χ0) is 20.9. The number of rotatable bonds is 6. The molecule has 2 aromatic heterocycles. The molecular formula is C23H19N3O4. The molecule has 2 aromatic carbocycles. The zero-order valence-corrected chi connectivity index (χ0v) is 16.2. The maximum absolute atomic E-state index is 12.6. The van der Waals surface area contributed by atoms with Crippen LogP contribution in [0, 0.1) is 0 Å². The number of methoxy groups -OCH3 is 1. The summed E-state index contributed by atoms with van der Waals surface area (Å²) in [6.45, 7) is 0.293. The Hall–Kier alpha value is -4.13. The second-order valence-electron chi connectivity index (χ2n) is 6.54. The molecule has 0 unspecified atom stereocenters. The third-order valence-corrected chi connectivity index (χ3v) is 4.46. The number of hydrogen-bond donors (Lipinski definition) is 1. The summed E-state index contributed by atoms with van der Waals surface area (Å²) in [6.07, 6.45) is 3.83. The molecule has 0 fully saturated rings. The van der Waals surface area contributed by atoms with Gasteiger partial charge in [0, 0.05) is 23.6 Å². The first-order valence-electron chi connectivity index (χ1n) is 9.27. The molecule has 0 atom stereocenters. The number of nitrogens with one attached hydrogen (secondary N) is 1. The fourth-order valence-electron chi connectivity index (χ4n) is 2.95. The molecule has 7 nitrogen and oxygen atoms in total. The third kappa shape index (κ3) is 4.30. The number of carbonyl (C=O) groups excluding carboxylic acids is 2. The van der Waals surface area contributed by atoms with Gasteiger partial charge in [-0.2, -0.15) is 0 Å². The van der Waals surface area contributed by atoms with Gasteiger partial charge in [-0.25, -0.2) is 9.78 Å². The summed E-state index contributed by atoms with van der Waals surface area (Å²) in [7, 11) is 1.32. The highest BCUT2D eigenvalue weighted by molar-refractivity contribution is 6.04. The van der Waals surface area contributed by atoms with Crippen molar-refractivity contribution in [3.05, 3.63) is 95.9 Å². The summed E-state index contributed by atoms with van der Waals surface area (Å²) < 4.78 is 12.4. The van der Waals surface area contributed by atoms with Gasteiger partial charge in [0.15, 0.2) is 0 Å². The minimum Gasteiger partial charge on any atom is -0.487 e. The summed E-state index contributed by atoms with van der Waals surface area (Å²) >= 11 is 0. The van der Waals surface area contributed by atoms with Crippen LogP contribution in [0.1, 0.15) is 26.4 Å². The predicted octanol–water partition coefficient (Wildman–Crippen LogP) is 3.95. The lowest BCUT2D eigenvalue weighted by Gasteiger charge is -2.08. The summed E-state index contributed by atoms with van der Waals surface area (Å²) in [6, 6.07) is 19.2. The van der Waals surface area contributed by atoms with E-state index in [-0.39, 0.29) is 5.91 Å². The number of carbonyl (C=O) groups is 2. The van der Waals surface area contributed by atoms with E-state index in [2.05, 4.69) is 15.0 Å². The maximum Gasteiger partial charge on any atom is 0.337 e. The van der Waals surface area contributed by atoms with Crippen LogP contribution in [0.15, 0.2) is 79.1 Å². The molecule has 4 rings (SSSR count). The van der Waals surface area contributed by atoms with E-state index >= 15 is 0 Å². The fraction of sp³-hybridized carbons (Fsp3) is 0.0870. The van der Waals surface area contributed by atoms with Gasteiger partial charge in [-0.05, 0) is 54.6 Å². The van der Waals surface area contributed by atoms with Crippen LogP contribution >= 0.6 is 0 Å². The quantitative estimate of drug-likeness (QED) is 0.495. The van der Waals surface area contributed by atoms with Crippen LogP contribution in [0.5, 0.6) is 5.75 Å². The summed E-state index contributed by atoms with van der Waals surface area (Å²) in [4.78, 5) is 28.5. The lowest BCUT2D eigenvalue weighted by Crippen LogP contribution is -2.12. The van der Waals surface area contributed by atoms with Crippen LogP contribution in [0.2, 0.25) is 0 Å². The van der Waals surface area contributed by atoms with Gasteiger partial charge in [0.2, 0.25) is 0 Å². The Balaban J connectivity index is 1.40. The van der Waals surface area contributed by atoms with Crippen molar-refractivity contribution >= 4 is 23.2 Å². The molecule has 2 heterocycles. The van der Waals surface area contributed by atoms with Crippen LogP contribution in [0.25, 0.3) is 5.65 Å². The van der Waals surface area contributed by atoms with Gasteiger partial charge in [-0.15, -0.1) is 0 Å². The van der Waals surface area contributed by atoms with Crippen LogP contribution in [-0.4, -0.2) is 28.4 Å². The van der Waals surface area contributed by atoms with Crippen LogP contribution in [0.3, 0.4) is 0 Å². The summed E-state index contributed by atoms with van der Waals surface area (Å²) in [5.74, 6) is -0.136. The molecule has 0 spiro atoms. The summed E-state index contributed by atoms with van der Waals surface area (Å²) in [5.41, 5.74) is 3.09. The predicted molar refractivity (Wildman–Crippen MR) is 112 cm³/mol. The topological polar surface area (TPSA) is 81.9 Å². The molecule has 4 aromatic rings. The standard InChI is InChI=1S/C23H19N3O4/c1-29-23(28)16-8-10-18(11-9-16)25-22(27)17-5-4-6-20(13-17)30-15-19-14-26-12-3-2-7-21(26)24-19/h2-14H,15H2,1H3,(H,25,27). The number of hydrogen-bond acceptors (Lipinski definition) is 5. The van der Waals surface area contributed by atoms with Crippen molar-refractivity contribution in [3.63, 3.8) is 0 Å². The van der Waals surface area contributed by atoms with Gasteiger partial charge in [-0.1, -0.05) is 12.1 Å². The van der Waals surface area contributed by atoms with Crippen LogP contribution in [0.4, 0.5) is 5.69 Å². The van der Waals surface area contributed by atoms with Crippen LogP contribution < -0.4 is 10.1 Å². The average Bonchev–Trinajstić information content (AvgIpc) is 3.21. The van der Waals surface area contributed by atoms with E-state index in [4.69, 9.17) is 4.74 Å². The second kappa shape index (κ2) is 8.48. The third-order valence-electron chi connectivity index (χ3n) is 4.46. The van der Waals surface area contributed by atoms with Crippen molar-refractivity contribution in [2.75, 3.05) is 12.4 Å². The molecule has 0 bridgehead atoms. The van der Waals surface area contributed by atoms with Crippen molar-refractivity contribution in [2.24, 2.45) is 0 Å². The number of esters is 1. The molecule has 0 saturated carbocycles. The number of ether oxygens (including phenoxy) is 2. The molecule has 0 aliphatic heterocycles. The SMILES string of the molecule is COC(=O)c1ccc(NC(=O)c2cccc(OCc3cn4ccccc4n3)c2)cc1. The number of imidazole rings is 1. The first kappa shape index (κ1) is 19.2. The highest BCUT2D eigenvalue weighted by Gasteiger charge is 2.10. The Bertz CT molecular complexity index is 1170. The first-order chi connectivity index (χ1) is 14.6. The Kier molecular flexibility index (Phi) is 5.43. The molecule has 0 saturated heterocycles. The van der Waals surface area contributed by atoms with Crippen molar-refractivity contribution in [3.8, 4) is 5.75 Å². The van der Waals surface area contributed by atoms with E-state index in [9.17, 15) is 9.59 Å². The normalized spacial score (nSPS) is 10.6. The van der Waals surface area contributed by atoms with E-state index in [1.54, 1.807) is 48.5 Å². The van der Waals surface area contributed by atoms with Gasteiger partial charge in [-0.3, -0.25) is 4.79 Å². The largest absolute Gasteiger partial charge is 0.487 e. The van der Waals surface area contributed by atoms with Crippen molar-refractivity contribution in [1.82, 2.24) is 9.38 Å². The van der Waals surface area contributed by atoms with E-state index in [0.717, 1.165) is 11.3 Å². The number of pyridine rings is 1. The molecule has 1 N–H and O–H groups in total. The van der Waals surface area contributed by atoms with Crippen LogP contribution in [-0.2, 0) is 11.3 Å². The van der Waals surface area contributed by atoms with E-state index in [1.807, 2.05) is 35.0 Å². The fourth-order valence-corrected chi connectivity index (χ4v) is 2.95. The number of anilines is 1. The highest BCUT2D eigenvalue weighted by atomic mass is 16.5. The molecule has 0 aliphatic rings. The number of benzene rings is 2. The zero-order valence-electron chi connectivity index (χ0n) is 16.2. The minimum atomic E-state index is -0.427. The molecule has 150 valence electrons. The summed E-state index contributed by atoms with van der Waals surface area (Å²) in [5, 5.41) is 2.80. The van der Waals surface area contributed by atoms with Crippen molar-refractivity contribution < 1.29 is 19.1 Å². The Morgan fingerprint density at radius 1 is 1.00 bits per heavy atom. The van der Waals surface area contributed by atoms with Crippen molar-refractivity contribution in [2.45, 2.75) is 6.61 Å². The number of fused-ring (bicyclic) bond motifs is 1. The molecule has 1 amide bonds. The number of aromatic nitrogens is 2. The van der Waals surface area contributed by atoms with Gasteiger partial charge in [0.05, 0.1) is 18.4 Å². The Labute approximate surface area is 172 Å². The van der Waals surface area contributed by atoms with Gasteiger partial charge >= 0.3 is 5.97 Å². The van der Waals surface area contributed by atoms with E-state index in [0.29, 0.717) is 29.2 Å². The van der Waals surface area contributed by atoms with Gasteiger partial charge in [0.25, 0.3) is 5.91 Å². The smallest absolute Gasteiger partial charge is 0.337 e. The number of amides is 1. The lowest BCUT2D eigenvalue weighted by molar-refractivity contribution is 0.0600. The average molecular weight is 401 g/mol. The Morgan fingerprint density at radius 3 is 2.60 bits per heavy atom. The van der Waals surface area contributed by atoms with E-state index < -0.39 is 5.97 Å². The minimum absolute atomic E-state index is 0.279. The second-order valence-corrected chi connectivity index (χ2v) is 6.54. The first-order valence-corrected chi connectivity index (χ1v) is 9.27. The molecule has 0 radical (unpaired) electrons. The lowest BCUT2D eigenvalue weighted by atomic mass is 10.1. The highest BCUT2D eigenvalue weighted by Crippen LogP contribution is 2.18. The Morgan fingerprint density at radius 2 is 1.83 bits per heavy atom. The van der Waals surface area contributed by atoms with Crippen molar-refractivity contribution in [1.29, 1.82) is 0 Å². The molecule has 0 aliphatic carbocycles. The maximum atomic E-state index is 12.6. The number of nitrogens with zero attached hydrogens (tertiary/aromatic N) is 2. The monoisotopic (exact) mass is 401 g/mol. The molecule has 30 heavy (non-hydrogen) atoms. The van der Waals surface area contributed by atoms with Gasteiger partial charge < -0.3 is 19.2 Å².